The van der Waals surface area contributed by atoms with E-state index >= 15 is 0 Å². The van der Waals surface area contributed by atoms with Gasteiger partial charge in [-0.05, 0) is 18.9 Å². The van der Waals surface area contributed by atoms with Crippen molar-refractivity contribution in [2.45, 2.75) is 31.3 Å². The molecule has 1 saturated carbocycles. The first-order valence-electron chi connectivity index (χ1n) is 6.52. The minimum absolute atomic E-state index is 0.0785. The van der Waals surface area contributed by atoms with Gasteiger partial charge in [-0.3, -0.25) is 14.9 Å². The number of ether oxygens (including phenoxy) is 1. The smallest absolute Gasteiger partial charge is 0.320 e. The highest BCUT2D eigenvalue weighted by molar-refractivity contribution is 9.10. The molecule has 1 aliphatic carbocycles. The van der Waals surface area contributed by atoms with Crippen molar-refractivity contribution in [3.05, 3.63) is 32.8 Å². The molecule has 0 heterocycles. The third-order valence-electron chi connectivity index (χ3n) is 3.05. The molecule has 1 atom stereocenters. The van der Waals surface area contributed by atoms with E-state index in [9.17, 15) is 14.9 Å². The normalized spacial score (nSPS) is 15.5. The highest BCUT2D eigenvalue weighted by Crippen LogP contribution is 2.26. The van der Waals surface area contributed by atoms with E-state index in [4.69, 9.17) is 9.84 Å². The van der Waals surface area contributed by atoms with Crippen LogP contribution in [-0.4, -0.2) is 34.7 Å². The van der Waals surface area contributed by atoms with Gasteiger partial charge in [0.15, 0.2) is 0 Å². The molecular formula is C13H15BrN2O5. The second kappa shape index (κ2) is 6.86. The van der Waals surface area contributed by atoms with Crippen molar-refractivity contribution in [3.8, 4) is 5.75 Å². The van der Waals surface area contributed by atoms with Crippen molar-refractivity contribution < 1.29 is 19.6 Å². The maximum atomic E-state index is 11.1. The van der Waals surface area contributed by atoms with Crippen molar-refractivity contribution in [2.75, 3.05) is 6.61 Å². The number of nitro benzene ring substituents is 1. The largest absolute Gasteiger partial charge is 0.493 e. The summed E-state index contributed by atoms with van der Waals surface area (Å²) < 4.78 is 5.96. The zero-order valence-corrected chi connectivity index (χ0v) is 12.7. The van der Waals surface area contributed by atoms with Crippen LogP contribution < -0.4 is 10.1 Å². The van der Waals surface area contributed by atoms with Gasteiger partial charge in [-0.1, -0.05) is 15.9 Å². The number of hydrogen-bond acceptors (Lipinski definition) is 5. The first-order valence-corrected chi connectivity index (χ1v) is 7.31. The molecule has 1 unspecified atom stereocenters. The average Bonchev–Trinajstić information content (AvgIpc) is 3.20. The van der Waals surface area contributed by atoms with Gasteiger partial charge in [-0.15, -0.1) is 0 Å². The van der Waals surface area contributed by atoms with Gasteiger partial charge in [-0.25, -0.2) is 0 Å². The Morgan fingerprint density at radius 3 is 2.81 bits per heavy atom. The van der Waals surface area contributed by atoms with Gasteiger partial charge in [0.1, 0.15) is 11.8 Å². The van der Waals surface area contributed by atoms with Crippen LogP contribution >= 0.6 is 15.9 Å². The SMILES string of the molecule is O=C(O)C(CCOc1cc(Br)cc([N+](=O)[O-])c1)NC1CC1. The van der Waals surface area contributed by atoms with Crippen molar-refractivity contribution in [1.29, 1.82) is 0 Å². The molecule has 0 amide bonds. The molecule has 114 valence electrons. The number of carboxylic acid groups (broad SMARTS) is 1. The van der Waals surface area contributed by atoms with E-state index in [-0.39, 0.29) is 18.3 Å². The molecule has 1 aromatic rings. The van der Waals surface area contributed by atoms with Crippen molar-refractivity contribution >= 4 is 27.6 Å². The Balaban J connectivity index is 1.89. The molecular weight excluding hydrogens is 344 g/mol. The Labute approximate surface area is 129 Å². The zero-order chi connectivity index (χ0) is 15.4. The Morgan fingerprint density at radius 1 is 1.52 bits per heavy atom. The first-order chi connectivity index (χ1) is 9.95. The maximum absolute atomic E-state index is 11.1. The molecule has 0 spiro atoms. The standard InChI is InChI=1S/C13H15BrN2O5/c14-8-5-10(16(19)20)7-11(6-8)21-4-3-12(13(17)18)15-9-1-2-9/h5-7,9,12,15H,1-4H2,(H,17,18). The summed E-state index contributed by atoms with van der Waals surface area (Å²) in [5, 5.41) is 22.9. The fourth-order valence-corrected chi connectivity index (χ4v) is 2.30. The van der Waals surface area contributed by atoms with Gasteiger partial charge in [0.05, 0.1) is 17.6 Å². The van der Waals surface area contributed by atoms with E-state index in [1.807, 2.05) is 0 Å². The number of aliphatic carboxylic acids is 1. The van der Waals surface area contributed by atoms with Gasteiger partial charge in [-0.2, -0.15) is 0 Å². The first kappa shape index (κ1) is 15.7. The van der Waals surface area contributed by atoms with Crippen LogP contribution in [-0.2, 0) is 4.79 Å². The van der Waals surface area contributed by atoms with Gasteiger partial charge in [0.25, 0.3) is 5.69 Å². The van der Waals surface area contributed by atoms with Crippen molar-refractivity contribution in [2.24, 2.45) is 0 Å². The molecule has 0 aliphatic heterocycles. The summed E-state index contributed by atoms with van der Waals surface area (Å²) in [4.78, 5) is 21.3. The van der Waals surface area contributed by atoms with Crippen LogP contribution in [0.4, 0.5) is 5.69 Å². The van der Waals surface area contributed by atoms with Crippen molar-refractivity contribution in [1.82, 2.24) is 5.32 Å². The van der Waals surface area contributed by atoms with Crippen molar-refractivity contribution in [3.63, 3.8) is 0 Å². The number of halogens is 1. The Hall–Kier alpha value is -1.67. The second-order valence-electron chi connectivity index (χ2n) is 4.87. The lowest BCUT2D eigenvalue weighted by Gasteiger charge is -2.14. The molecule has 0 bridgehead atoms. The lowest BCUT2D eigenvalue weighted by molar-refractivity contribution is -0.385. The van der Waals surface area contributed by atoms with E-state index in [1.165, 1.54) is 12.1 Å². The third kappa shape index (κ3) is 4.98. The predicted octanol–water partition coefficient (Wildman–Crippen LogP) is 2.33. The number of nitrogens with zero attached hydrogens (tertiary/aromatic N) is 1. The molecule has 0 aromatic heterocycles. The number of carbonyl (C=O) groups is 1. The molecule has 7 nitrogen and oxygen atoms in total. The summed E-state index contributed by atoms with van der Waals surface area (Å²) in [6.07, 6.45) is 2.30. The van der Waals surface area contributed by atoms with Gasteiger partial charge < -0.3 is 15.2 Å². The third-order valence-corrected chi connectivity index (χ3v) is 3.51. The number of nitrogens with one attached hydrogen (secondary N) is 1. The monoisotopic (exact) mass is 358 g/mol. The Kier molecular flexibility index (Phi) is 5.13. The van der Waals surface area contributed by atoms with Gasteiger partial charge >= 0.3 is 5.97 Å². The molecule has 2 N–H and O–H groups in total. The quantitative estimate of drug-likeness (QED) is 0.546. The number of benzene rings is 1. The van der Waals surface area contributed by atoms with Gasteiger partial charge in [0.2, 0.25) is 0 Å². The second-order valence-corrected chi connectivity index (χ2v) is 5.79. The van der Waals surface area contributed by atoms with Crippen LogP contribution in [0.2, 0.25) is 0 Å². The summed E-state index contributed by atoms with van der Waals surface area (Å²) in [5.74, 6) is -0.572. The summed E-state index contributed by atoms with van der Waals surface area (Å²) in [6, 6.07) is 3.94. The lowest BCUT2D eigenvalue weighted by Crippen LogP contribution is -2.39. The maximum Gasteiger partial charge on any atom is 0.320 e. The van der Waals surface area contributed by atoms with Crippen LogP contribution in [0.25, 0.3) is 0 Å². The number of hydrogen-bond donors (Lipinski definition) is 2. The highest BCUT2D eigenvalue weighted by atomic mass is 79.9. The number of carboxylic acids is 1. The molecule has 1 fully saturated rings. The minimum atomic E-state index is -0.911. The average molecular weight is 359 g/mol. The Bertz CT molecular complexity index is 547. The van der Waals surface area contributed by atoms with Gasteiger partial charge in [0, 0.05) is 23.0 Å². The molecule has 1 aromatic carbocycles. The number of rotatable bonds is 8. The topological polar surface area (TPSA) is 102 Å². The van der Waals surface area contributed by atoms with Crippen LogP contribution in [0, 0.1) is 10.1 Å². The Morgan fingerprint density at radius 2 is 2.24 bits per heavy atom. The lowest BCUT2D eigenvalue weighted by atomic mass is 10.2. The minimum Gasteiger partial charge on any atom is -0.493 e. The van der Waals surface area contributed by atoms with E-state index in [2.05, 4.69) is 21.2 Å². The molecule has 8 heteroatoms. The number of nitro groups is 1. The fraction of sp³-hybridized carbons (Fsp3) is 0.462. The molecule has 0 saturated heterocycles. The number of non-ortho nitro benzene ring substituents is 1. The molecule has 21 heavy (non-hydrogen) atoms. The van der Waals surface area contributed by atoms with Crippen LogP contribution in [0.15, 0.2) is 22.7 Å². The summed E-state index contributed by atoms with van der Waals surface area (Å²) in [7, 11) is 0. The summed E-state index contributed by atoms with van der Waals surface area (Å²) in [5.41, 5.74) is -0.0785. The zero-order valence-electron chi connectivity index (χ0n) is 11.1. The van der Waals surface area contributed by atoms with Crippen LogP contribution in [0.3, 0.4) is 0 Å². The van der Waals surface area contributed by atoms with E-state index in [0.717, 1.165) is 12.8 Å². The predicted molar refractivity (Wildman–Crippen MR) is 78.5 cm³/mol. The summed E-state index contributed by atoms with van der Waals surface area (Å²) >= 11 is 3.18. The highest BCUT2D eigenvalue weighted by Gasteiger charge is 2.28. The van der Waals surface area contributed by atoms with E-state index in [0.29, 0.717) is 16.6 Å². The van der Waals surface area contributed by atoms with Crippen LogP contribution in [0.1, 0.15) is 19.3 Å². The molecule has 0 radical (unpaired) electrons. The fourth-order valence-electron chi connectivity index (χ4n) is 1.84. The molecule has 1 aliphatic rings. The summed E-state index contributed by atoms with van der Waals surface area (Å²) in [6.45, 7) is 0.171. The van der Waals surface area contributed by atoms with Crippen LogP contribution in [0.5, 0.6) is 5.75 Å². The molecule has 2 rings (SSSR count). The van der Waals surface area contributed by atoms with E-state index in [1.54, 1.807) is 6.07 Å². The van der Waals surface area contributed by atoms with E-state index < -0.39 is 16.9 Å².